The van der Waals surface area contributed by atoms with Gasteiger partial charge < -0.3 is 5.11 Å². The summed E-state index contributed by atoms with van der Waals surface area (Å²) < 4.78 is 41.1. The highest BCUT2D eigenvalue weighted by Crippen LogP contribution is 2.44. The highest BCUT2D eigenvalue weighted by molar-refractivity contribution is 7.96. The van der Waals surface area contributed by atoms with Crippen molar-refractivity contribution in [2.24, 2.45) is 0 Å². The van der Waals surface area contributed by atoms with E-state index >= 15 is 0 Å². The Bertz CT molecular complexity index is 1180. The molecule has 3 aliphatic rings. The number of benzene rings is 2. The minimum Gasteiger partial charge on any atom is -0.508 e. The van der Waals surface area contributed by atoms with Crippen LogP contribution in [0.5, 0.6) is 5.75 Å². The summed E-state index contributed by atoms with van der Waals surface area (Å²) in [6.07, 6.45) is 7.77. The maximum Gasteiger partial charge on any atom is 0.258 e. The van der Waals surface area contributed by atoms with E-state index in [4.69, 9.17) is 0 Å². The van der Waals surface area contributed by atoms with Gasteiger partial charge in [0.1, 0.15) is 11.6 Å². The number of hydrogen-bond donors (Lipinski definition) is 1. The number of phenols is 1. The summed E-state index contributed by atoms with van der Waals surface area (Å²) in [5.41, 5.74) is 1.94. The normalized spacial score (nSPS) is 27.6. The third-order valence-corrected chi connectivity index (χ3v) is 9.19. The standard InChI is InChI=1S/C26H31FN2O3S/c1-19-17-26(12-14-33(31,32)29(26)23-8-4-7-22(27)16-23)11-13-28(19)18-20-9-10-25(30)24(15-20)21-5-2-3-6-21/h4,7-10,12,14-16,19,21,30H,2-3,5-6,11,13,17-18H2,1H3/t19-,26-/m0/s1. The molecule has 1 aliphatic carbocycles. The average Bonchev–Trinajstić information content (AvgIpc) is 3.38. The van der Waals surface area contributed by atoms with Gasteiger partial charge in [0.05, 0.1) is 11.2 Å². The van der Waals surface area contributed by atoms with E-state index in [9.17, 15) is 17.9 Å². The summed E-state index contributed by atoms with van der Waals surface area (Å²) in [5.74, 6) is 0.393. The number of phenolic OH excluding ortho intramolecular Hbond substituents is 1. The van der Waals surface area contributed by atoms with E-state index in [1.165, 1.54) is 40.3 Å². The van der Waals surface area contributed by atoms with Crippen molar-refractivity contribution < 1.29 is 17.9 Å². The summed E-state index contributed by atoms with van der Waals surface area (Å²) in [7, 11) is -3.64. The Labute approximate surface area is 195 Å². The average molecular weight is 471 g/mol. The third kappa shape index (κ3) is 4.17. The molecule has 0 bridgehead atoms. The van der Waals surface area contributed by atoms with Gasteiger partial charge in [-0.15, -0.1) is 0 Å². The van der Waals surface area contributed by atoms with Crippen LogP contribution in [0.15, 0.2) is 53.9 Å². The molecule has 2 heterocycles. The van der Waals surface area contributed by atoms with E-state index in [1.807, 2.05) is 12.1 Å². The molecular weight excluding hydrogens is 439 g/mol. The number of halogens is 1. The van der Waals surface area contributed by atoms with Crippen molar-refractivity contribution in [3.63, 3.8) is 0 Å². The molecule has 1 spiro atoms. The van der Waals surface area contributed by atoms with Crippen LogP contribution >= 0.6 is 0 Å². The Balaban J connectivity index is 1.36. The summed E-state index contributed by atoms with van der Waals surface area (Å²) in [6, 6.07) is 11.9. The summed E-state index contributed by atoms with van der Waals surface area (Å²) in [4.78, 5) is 2.37. The van der Waals surface area contributed by atoms with Crippen LogP contribution in [0.4, 0.5) is 10.1 Å². The minimum atomic E-state index is -3.64. The first kappa shape index (κ1) is 22.4. The minimum absolute atomic E-state index is 0.136. The fraction of sp³-hybridized carbons (Fsp3) is 0.462. The molecule has 1 saturated heterocycles. The van der Waals surface area contributed by atoms with Gasteiger partial charge in [0.25, 0.3) is 10.0 Å². The largest absolute Gasteiger partial charge is 0.508 e. The molecule has 0 aromatic heterocycles. The highest BCUT2D eigenvalue weighted by Gasteiger charge is 2.49. The lowest BCUT2D eigenvalue weighted by Crippen LogP contribution is -2.56. The Morgan fingerprint density at radius 2 is 1.94 bits per heavy atom. The molecule has 0 radical (unpaired) electrons. The van der Waals surface area contributed by atoms with E-state index < -0.39 is 21.4 Å². The molecule has 1 saturated carbocycles. The fourth-order valence-corrected chi connectivity index (χ4v) is 7.66. The van der Waals surface area contributed by atoms with Crippen molar-refractivity contribution in [2.45, 2.75) is 69.5 Å². The molecule has 1 N–H and O–H groups in total. The topological polar surface area (TPSA) is 60.9 Å². The number of aromatic hydroxyl groups is 1. The highest BCUT2D eigenvalue weighted by atomic mass is 32.2. The van der Waals surface area contributed by atoms with Gasteiger partial charge in [0.2, 0.25) is 0 Å². The van der Waals surface area contributed by atoms with E-state index in [-0.39, 0.29) is 6.04 Å². The quantitative estimate of drug-likeness (QED) is 0.661. The molecule has 2 aliphatic heterocycles. The van der Waals surface area contributed by atoms with Crippen LogP contribution in [0, 0.1) is 5.82 Å². The van der Waals surface area contributed by atoms with Crippen molar-refractivity contribution in [1.29, 1.82) is 0 Å². The van der Waals surface area contributed by atoms with Crippen LogP contribution in [-0.2, 0) is 16.6 Å². The maximum atomic E-state index is 13.9. The zero-order chi connectivity index (χ0) is 23.2. The predicted octanol–water partition coefficient (Wildman–Crippen LogP) is 5.28. The van der Waals surface area contributed by atoms with E-state index in [0.717, 1.165) is 31.5 Å². The number of rotatable bonds is 4. The first-order valence-corrected chi connectivity index (χ1v) is 13.3. The number of hydrogen-bond acceptors (Lipinski definition) is 4. The number of likely N-dealkylation sites (tertiary alicyclic amines) is 1. The van der Waals surface area contributed by atoms with Crippen molar-refractivity contribution >= 4 is 15.7 Å². The second-order valence-corrected chi connectivity index (χ2v) is 11.5. The lowest BCUT2D eigenvalue weighted by molar-refractivity contribution is 0.119. The summed E-state index contributed by atoms with van der Waals surface area (Å²) in [5, 5.41) is 11.7. The Hall–Kier alpha value is -2.38. The summed E-state index contributed by atoms with van der Waals surface area (Å²) >= 11 is 0. The molecule has 2 aromatic carbocycles. The van der Waals surface area contributed by atoms with Crippen LogP contribution < -0.4 is 4.31 Å². The maximum absolute atomic E-state index is 13.9. The van der Waals surface area contributed by atoms with Gasteiger partial charge in [-0.2, -0.15) is 0 Å². The molecule has 5 rings (SSSR count). The zero-order valence-corrected chi connectivity index (χ0v) is 19.8. The van der Waals surface area contributed by atoms with E-state index in [2.05, 4.69) is 17.9 Å². The van der Waals surface area contributed by atoms with Gasteiger partial charge in [0, 0.05) is 24.5 Å². The van der Waals surface area contributed by atoms with Gasteiger partial charge in [0.15, 0.2) is 0 Å². The second kappa shape index (κ2) is 8.44. The van der Waals surface area contributed by atoms with Crippen LogP contribution in [0.25, 0.3) is 0 Å². The van der Waals surface area contributed by atoms with Crippen molar-refractivity contribution in [1.82, 2.24) is 4.90 Å². The molecule has 33 heavy (non-hydrogen) atoms. The fourth-order valence-electron chi connectivity index (χ4n) is 5.97. The van der Waals surface area contributed by atoms with Crippen LogP contribution in [0.2, 0.25) is 0 Å². The molecule has 7 heteroatoms. The molecule has 2 aromatic rings. The van der Waals surface area contributed by atoms with E-state index in [1.54, 1.807) is 18.2 Å². The molecule has 2 fully saturated rings. The zero-order valence-electron chi connectivity index (χ0n) is 19.0. The first-order chi connectivity index (χ1) is 15.8. The van der Waals surface area contributed by atoms with Crippen molar-refractivity contribution in [2.75, 3.05) is 10.8 Å². The Morgan fingerprint density at radius 1 is 1.15 bits per heavy atom. The molecule has 176 valence electrons. The van der Waals surface area contributed by atoms with Crippen LogP contribution in [0.1, 0.15) is 62.5 Å². The van der Waals surface area contributed by atoms with Gasteiger partial charge in [-0.1, -0.05) is 31.0 Å². The van der Waals surface area contributed by atoms with Crippen molar-refractivity contribution in [3.05, 3.63) is 70.9 Å². The van der Waals surface area contributed by atoms with Gasteiger partial charge in [-0.05, 0) is 80.0 Å². The number of nitrogens with zero attached hydrogens (tertiary/aromatic N) is 2. The monoisotopic (exact) mass is 470 g/mol. The number of piperidine rings is 1. The molecule has 0 amide bonds. The Morgan fingerprint density at radius 3 is 2.67 bits per heavy atom. The SMILES string of the molecule is C[C@H]1C[C@@]2(C=CS(=O)(=O)N2c2cccc(F)c2)CCN1Cc1ccc(O)c(C2CCCC2)c1. The molecule has 0 unspecified atom stereocenters. The second-order valence-electron chi connectivity index (χ2n) is 9.84. The van der Waals surface area contributed by atoms with Gasteiger partial charge in [-0.3, -0.25) is 9.21 Å². The van der Waals surface area contributed by atoms with Crippen molar-refractivity contribution in [3.8, 4) is 5.75 Å². The van der Waals surface area contributed by atoms with Crippen LogP contribution in [0.3, 0.4) is 0 Å². The smallest absolute Gasteiger partial charge is 0.258 e. The predicted molar refractivity (Wildman–Crippen MR) is 128 cm³/mol. The van der Waals surface area contributed by atoms with Gasteiger partial charge in [-0.25, -0.2) is 12.8 Å². The molecule has 2 atom stereocenters. The molecular formula is C26H31FN2O3S. The number of sulfonamides is 1. The summed E-state index contributed by atoms with van der Waals surface area (Å²) in [6.45, 7) is 3.61. The lowest BCUT2D eigenvalue weighted by Gasteiger charge is -2.47. The Kier molecular flexibility index (Phi) is 5.73. The molecule has 5 nitrogen and oxygen atoms in total. The van der Waals surface area contributed by atoms with Gasteiger partial charge >= 0.3 is 0 Å². The van der Waals surface area contributed by atoms with E-state index in [0.29, 0.717) is 30.2 Å². The third-order valence-electron chi connectivity index (χ3n) is 7.63. The number of anilines is 1. The van der Waals surface area contributed by atoms with Crippen LogP contribution in [-0.4, -0.2) is 36.5 Å². The lowest BCUT2D eigenvalue weighted by atomic mass is 9.83. The first-order valence-electron chi connectivity index (χ1n) is 11.8.